The third-order valence-corrected chi connectivity index (χ3v) is 2.94. The van der Waals surface area contributed by atoms with Gasteiger partial charge in [-0.05, 0) is 18.4 Å². The number of nitro groups is 1. The summed E-state index contributed by atoms with van der Waals surface area (Å²) in [6, 6.07) is 4.73. The maximum Gasteiger partial charge on any atom is 0.271 e. The van der Waals surface area contributed by atoms with Crippen LogP contribution in [0.4, 0.5) is 11.4 Å². The molecule has 0 saturated heterocycles. The molecule has 1 heterocycles. The summed E-state index contributed by atoms with van der Waals surface area (Å²) in [5.41, 5.74) is 1.76. The molecule has 0 atom stereocenters. The lowest BCUT2D eigenvalue weighted by molar-refractivity contribution is -0.384. The molecule has 0 radical (unpaired) electrons. The second-order valence-electron chi connectivity index (χ2n) is 4.12. The van der Waals surface area contributed by atoms with Crippen molar-refractivity contribution in [3.8, 4) is 0 Å². The molecule has 0 spiro atoms. The van der Waals surface area contributed by atoms with E-state index in [4.69, 9.17) is 0 Å². The van der Waals surface area contributed by atoms with Gasteiger partial charge >= 0.3 is 0 Å². The van der Waals surface area contributed by atoms with Gasteiger partial charge in [0.1, 0.15) is 0 Å². The van der Waals surface area contributed by atoms with Crippen LogP contribution in [0.5, 0.6) is 0 Å². The van der Waals surface area contributed by atoms with Crippen molar-refractivity contribution in [2.24, 2.45) is 0 Å². The Morgan fingerprint density at radius 2 is 2.29 bits per heavy atom. The molecule has 1 aliphatic rings. The van der Waals surface area contributed by atoms with E-state index in [-0.39, 0.29) is 11.6 Å². The highest BCUT2D eigenvalue weighted by Gasteiger charge is 2.25. The summed E-state index contributed by atoms with van der Waals surface area (Å²) in [6.07, 6.45) is 2.06. The lowest BCUT2D eigenvalue weighted by atomic mass is 10.1. The number of rotatable bonds is 3. The number of anilines is 1. The number of carbonyl (C=O) groups is 1. The van der Waals surface area contributed by atoms with Crippen molar-refractivity contribution in [1.29, 1.82) is 0 Å². The van der Waals surface area contributed by atoms with Gasteiger partial charge in [0, 0.05) is 25.1 Å². The zero-order chi connectivity index (χ0) is 12.4. The zero-order valence-corrected chi connectivity index (χ0v) is 9.68. The number of hydrogen-bond donors (Lipinski definition) is 0. The fraction of sp³-hybridized carbons (Fsp3) is 0.417. The fourth-order valence-corrected chi connectivity index (χ4v) is 2.09. The van der Waals surface area contributed by atoms with Crippen LogP contribution in [-0.4, -0.2) is 17.4 Å². The van der Waals surface area contributed by atoms with E-state index in [0.29, 0.717) is 18.7 Å². The second kappa shape index (κ2) is 4.53. The third-order valence-electron chi connectivity index (χ3n) is 2.94. The van der Waals surface area contributed by atoms with Crippen LogP contribution in [0.1, 0.15) is 25.3 Å². The van der Waals surface area contributed by atoms with E-state index in [1.54, 1.807) is 11.0 Å². The van der Waals surface area contributed by atoms with Crippen molar-refractivity contribution in [3.63, 3.8) is 0 Å². The van der Waals surface area contributed by atoms with Gasteiger partial charge in [0.15, 0.2) is 0 Å². The number of carbonyl (C=O) groups excluding carboxylic acids is 1. The summed E-state index contributed by atoms with van der Waals surface area (Å²) in [5, 5.41) is 10.7. The molecule has 1 aromatic rings. The van der Waals surface area contributed by atoms with Crippen LogP contribution in [0.2, 0.25) is 0 Å². The van der Waals surface area contributed by atoms with E-state index >= 15 is 0 Å². The van der Waals surface area contributed by atoms with Crippen molar-refractivity contribution in [3.05, 3.63) is 33.9 Å². The number of fused-ring (bicyclic) bond motifs is 1. The monoisotopic (exact) mass is 234 g/mol. The molecule has 1 amide bonds. The Balaban J connectivity index is 2.32. The van der Waals surface area contributed by atoms with Crippen LogP contribution in [0.3, 0.4) is 0 Å². The summed E-state index contributed by atoms with van der Waals surface area (Å²) in [5.74, 6) is 0.0479. The molecule has 2 rings (SSSR count). The molecule has 0 aromatic heterocycles. The first-order valence-corrected chi connectivity index (χ1v) is 5.71. The van der Waals surface area contributed by atoms with Crippen molar-refractivity contribution in [2.75, 3.05) is 11.4 Å². The number of nitrogens with zero attached hydrogens (tertiary/aromatic N) is 2. The van der Waals surface area contributed by atoms with Gasteiger partial charge in [-0.25, -0.2) is 0 Å². The smallest absolute Gasteiger partial charge is 0.271 e. The van der Waals surface area contributed by atoms with Crippen LogP contribution in [0.25, 0.3) is 0 Å². The summed E-state index contributed by atoms with van der Waals surface area (Å²) in [4.78, 5) is 23.8. The van der Waals surface area contributed by atoms with E-state index in [1.807, 2.05) is 6.92 Å². The first kappa shape index (κ1) is 11.6. The Kier molecular flexibility index (Phi) is 3.08. The molecule has 5 heteroatoms. The van der Waals surface area contributed by atoms with Crippen LogP contribution in [-0.2, 0) is 11.2 Å². The number of non-ortho nitro benzene ring substituents is 1. The summed E-state index contributed by atoms with van der Waals surface area (Å²) < 4.78 is 0. The molecule has 90 valence electrons. The third kappa shape index (κ3) is 2.13. The molecule has 0 N–H and O–H groups in total. The predicted octanol–water partition coefficient (Wildman–Crippen LogP) is 2.28. The minimum Gasteiger partial charge on any atom is -0.312 e. The quantitative estimate of drug-likeness (QED) is 0.595. The van der Waals surface area contributed by atoms with E-state index in [0.717, 1.165) is 18.4 Å². The predicted molar refractivity (Wildman–Crippen MR) is 64.1 cm³/mol. The van der Waals surface area contributed by atoms with E-state index in [2.05, 4.69) is 0 Å². The number of amides is 1. The molecule has 0 fully saturated rings. The minimum absolute atomic E-state index is 0.0416. The fourth-order valence-electron chi connectivity index (χ4n) is 2.09. The molecule has 0 unspecified atom stereocenters. The number of hydrogen-bond acceptors (Lipinski definition) is 3. The van der Waals surface area contributed by atoms with E-state index in [9.17, 15) is 14.9 Å². The lowest BCUT2D eigenvalue weighted by Crippen LogP contribution is -2.28. The van der Waals surface area contributed by atoms with Gasteiger partial charge in [0.25, 0.3) is 5.69 Å². The highest BCUT2D eigenvalue weighted by atomic mass is 16.6. The number of nitro benzene ring substituents is 1. The molecule has 0 saturated carbocycles. The van der Waals surface area contributed by atoms with Crippen molar-refractivity contribution in [1.82, 2.24) is 0 Å². The molecule has 0 bridgehead atoms. The van der Waals surface area contributed by atoms with Gasteiger partial charge in [0.05, 0.1) is 10.6 Å². The van der Waals surface area contributed by atoms with Crippen molar-refractivity contribution < 1.29 is 9.72 Å². The van der Waals surface area contributed by atoms with Crippen molar-refractivity contribution >= 4 is 17.3 Å². The Morgan fingerprint density at radius 3 is 2.94 bits per heavy atom. The maximum absolute atomic E-state index is 11.8. The standard InChI is InChI=1S/C12H14N2O3/c1-2-3-12(15)13-7-6-9-4-5-10(14(16)17)8-11(9)13/h4-5,8H,2-3,6-7H2,1H3. The van der Waals surface area contributed by atoms with Gasteiger partial charge in [-0.1, -0.05) is 13.0 Å². The Hall–Kier alpha value is -1.91. The first-order chi connectivity index (χ1) is 8.13. The molecule has 1 aliphatic heterocycles. The van der Waals surface area contributed by atoms with Gasteiger partial charge in [-0.2, -0.15) is 0 Å². The second-order valence-corrected chi connectivity index (χ2v) is 4.12. The highest BCUT2D eigenvalue weighted by Crippen LogP contribution is 2.32. The number of benzene rings is 1. The van der Waals surface area contributed by atoms with Crippen LogP contribution in [0.15, 0.2) is 18.2 Å². The molecule has 5 nitrogen and oxygen atoms in total. The largest absolute Gasteiger partial charge is 0.312 e. The average Bonchev–Trinajstić information content (AvgIpc) is 2.71. The summed E-state index contributed by atoms with van der Waals surface area (Å²) >= 11 is 0. The van der Waals surface area contributed by atoms with E-state index in [1.165, 1.54) is 12.1 Å². The van der Waals surface area contributed by atoms with Crippen LogP contribution in [0, 0.1) is 10.1 Å². The molecular weight excluding hydrogens is 220 g/mol. The maximum atomic E-state index is 11.8. The highest BCUT2D eigenvalue weighted by molar-refractivity contribution is 5.95. The topological polar surface area (TPSA) is 63.5 Å². The summed E-state index contributed by atoms with van der Waals surface area (Å²) in [7, 11) is 0. The Bertz CT molecular complexity index is 471. The van der Waals surface area contributed by atoms with Crippen LogP contribution >= 0.6 is 0 Å². The van der Waals surface area contributed by atoms with Crippen LogP contribution < -0.4 is 4.90 Å². The van der Waals surface area contributed by atoms with Gasteiger partial charge in [0.2, 0.25) is 5.91 Å². The van der Waals surface area contributed by atoms with E-state index < -0.39 is 4.92 Å². The molecule has 17 heavy (non-hydrogen) atoms. The zero-order valence-electron chi connectivity index (χ0n) is 9.68. The average molecular weight is 234 g/mol. The van der Waals surface area contributed by atoms with Gasteiger partial charge in [-0.3, -0.25) is 14.9 Å². The Morgan fingerprint density at radius 1 is 1.53 bits per heavy atom. The first-order valence-electron chi connectivity index (χ1n) is 5.71. The lowest BCUT2D eigenvalue weighted by Gasteiger charge is -2.16. The minimum atomic E-state index is -0.429. The normalized spacial score (nSPS) is 13.6. The van der Waals surface area contributed by atoms with Gasteiger partial charge < -0.3 is 4.90 Å². The van der Waals surface area contributed by atoms with Crippen molar-refractivity contribution in [2.45, 2.75) is 26.2 Å². The van der Waals surface area contributed by atoms with Gasteiger partial charge in [-0.15, -0.1) is 0 Å². The molecular formula is C12H14N2O3. The molecule has 0 aliphatic carbocycles. The molecule has 1 aromatic carbocycles. The Labute approximate surface area is 99.2 Å². The SMILES string of the molecule is CCCC(=O)N1CCc2ccc([N+](=O)[O-])cc21. The summed E-state index contributed by atoms with van der Waals surface area (Å²) in [6.45, 7) is 2.58.